The van der Waals surface area contributed by atoms with Gasteiger partial charge in [-0.25, -0.2) is 0 Å². The van der Waals surface area contributed by atoms with E-state index in [4.69, 9.17) is 4.74 Å². The first kappa shape index (κ1) is 88.3. The largest absolute Gasteiger partial charge is 0.466 e. The van der Waals surface area contributed by atoms with Gasteiger partial charge < -0.3 is 20.3 Å². The Kier molecular flexibility index (Phi) is 78.3. The van der Waals surface area contributed by atoms with Gasteiger partial charge in [-0.1, -0.05) is 430 Å². The standard InChI is InChI=1S/C84H163NO5/c1-3-5-7-9-11-13-15-16-17-18-19-20-38-41-44-47-50-53-57-60-64-68-72-76-82(87)81(80-86)85-83(88)77-73-69-65-61-58-54-51-48-45-42-39-36-34-32-30-28-26-24-22-21-23-25-27-29-31-33-35-37-40-43-46-49-52-55-59-63-67-71-75-79-90-84(89)78-74-70-66-62-56-14-12-10-8-6-4-2/h21-22,72,76,81-82,86-87H,3-20,23-71,73-75,77-80H2,1-2H3,(H,85,88)/b22-21-,76-72+. The summed E-state index contributed by atoms with van der Waals surface area (Å²) in [6.45, 7) is 4.96. The first-order valence-electron chi connectivity index (χ1n) is 41.6. The number of hydrogen-bond donors (Lipinski definition) is 3. The van der Waals surface area contributed by atoms with Crippen LogP contribution in [-0.4, -0.2) is 47.4 Å². The van der Waals surface area contributed by atoms with Crippen LogP contribution in [0.4, 0.5) is 0 Å². The minimum Gasteiger partial charge on any atom is -0.466 e. The molecule has 0 saturated carbocycles. The third-order valence-corrected chi connectivity index (χ3v) is 19.7. The highest BCUT2D eigenvalue weighted by Gasteiger charge is 2.18. The number of allylic oxidation sites excluding steroid dienone is 3. The van der Waals surface area contributed by atoms with Crippen molar-refractivity contribution in [1.29, 1.82) is 0 Å². The average Bonchev–Trinajstić information content (AvgIpc) is 3.62. The van der Waals surface area contributed by atoms with E-state index in [-0.39, 0.29) is 18.5 Å². The number of esters is 1. The lowest BCUT2D eigenvalue weighted by Gasteiger charge is -2.20. The number of carbonyl (C=O) groups excluding carboxylic acids is 2. The Bertz CT molecular complexity index is 1410. The van der Waals surface area contributed by atoms with Crippen LogP contribution in [0, 0.1) is 0 Å². The van der Waals surface area contributed by atoms with Crippen molar-refractivity contribution in [1.82, 2.24) is 5.32 Å². The third kappa shape index (κ3) is 75.4. The number of aliphatic hydroxyl groups excluding tert-OH is 2. The van der Waals surface area contributed by atoms with Gasteiger partial charge in [0.15, 0.2) is 0 Å². The molecule has 0 radical (unpaired) electrons. The van der Waals surface area contributed by atoms with Crippen molar-refractivity contribution in [3.63, 3.8) is 0 Å². The average molecular weight is 1270 g/mol. The van der Waals surface area contributed by atoms with Crippen molar-refractivity contribution in [3.05, 3.63) is 24.3 Å². The highest BCUT2D eigenvalue weighted by atomic mass is 16.5. The van der Waals surface area contributed by atoms with E-state index in [9.17, 15) is 19.8 Å². The maximum atomic E-state index is 12.6. The summed E-state index contributed by atoms with van der Waals surface area (Å²) in [4.78, 5) is 24.6. The van der Waals surface area contributed by atoms with Crippen molar-refractivity contribution in [3.8, 4) is 0 Å². The van der Waals surface area contributed by atoms with Crippen LogP contribution in [0.2, 0.25) is 0 Å². The van der Waals surface area contributed by atoms with Crippen molar-refractivity contribution < 1.29 is 24.5 Å². The lowest BCUT2D eigenvalue weighted by Crippen LogP contribution is -2.45. The highest BCUT2D eigenvalue weighted by molar-refractivity contribution is 5.76. The van der Waals surface area contributed by atoms with Gasteiger partial charge >= 0.3 is 5.97 Å². The van der Waals surface area contributed by atoms with Crippen LogP contribution in [0.1, 0.15) is 476 Å². The molecule has 2 unspecified atom stereocenters. The SMILES string of the molecule is CCCCCCCCCCCCCCCCCCCCCCC/C=C/C(O)C(CO)NC(=O)CCCCCCCCCCCCCCCCCCC/C=C\CCCCCCCCCCCCCCCCCCCCOC(=O)CCCCCCCCCCCCC. The van der Waals surface area contributed by atoms with E-state index >= 15 is 0 Å². The number of hydrogen-bond acceptors (Lipinski definition) is 5. The maximum Gasteiger partial charge on any atom is 0.305 e. The number of unbranched alkanes of at least 4 members (excludes halogenated alkanes) is 66. The summed E-state index contributed by atoms with van der Waals surface area (Å²) in [6, 6.07) is -0.626. The van der Waals surface area contributed by atoms with Crippen molar-refractivity contribution in [2.45, 2.75) is 488 Å². The van der Waals surface area contributed by atoms with Crippen LogP contribution >= 0.6 is 0 Å². The molecular weight excluding hydrogens is 1100 g/mol. The van der Waals surface area contributed by atoms with Crippen LogP contribution < -0.4 is 5.32 Å². The fraction of sp³-hybridized carbons (Fsp3) is 0.929. The number of nitrogens with one attached hydrogen (secondary N) is 1. The minimum absolute atomic E-state index is 0.0229. The van der Waals surface area contributed by atoms with Gasteiger partial charge in [0.25, 0.3) is 0 Å². The van der Waals surface area contributed by atoms with E-state index in [0.717, 1.165) is 38.5 Å². The summed E-state index contributed by atoms with van der Waals surface area (Å²) in [6.07, 6.45) is 103. The van der Waals surface area contributed by atoms with Gasteiger partial charge in [-0.15, -0.1) is 0 Å². The molecule has 0 spiro atoms. The Hall–Kier alpha value is -1.66. The van der Waals surface area contributed by atoms with Crippen LogP contribution in [0.25, 0.3) is 0 Å². The molecule has 534 valence electrons. The fourth-order valence-corrected chi connectivity index (χ4v) is 13.4. The van der Waals surface area contributed by atoms with Gasteiger partial charge in [0, 0.05) is 12.8 Å². The van der Waals surface area contributed by atoms with E-state index in [1.807, 2.05) is 6.08 Å². The summed E-state index contributed by atoms with van der Waals surface area (Å²) in [5.74, 6) is -0.0353. The predicted octanol–water partition coefficient (Wildman–Crippen LogP) is 27.6. The van der Waals surface area contributed by atoms with Crippen molar-refractivity contribution >= 4 is 11.9 Å². The van der Waals surface area contributed by atoms with Gasteiger partial charge in [0.1, 0.15) is 0 Å². The predicted molar refractivity (Wildman–Crippen MR) is 398 cm³/mol. The molecule has 2 atom stereocenters. The summed E-state index contributed by atoms with van der Waals surface area (Å²) in [5.41, 5.74) is 0. The Balaban J connectivity index is 3.35. The fourth-order valence-electron chi connectivity index (χ4n) is 13.4. The van der Waals surface area contributed by atoms with Crippen molar-refractivity contribution in [2.75, 3.05) is 13.2 Å². The first-order valence-corrected chi connectivity index (χ1v) is 41.6. The molecule has 0 heterocycles. The highest BCUT2D eigenvalue weighted by Crippen LogP contribution is 2.20. The van der Waals surface area contributed by atoms with Crippen molar-refractivity contribution in [2.24, 2.45) is 0 Å². The molecule has 6 nitrogen and oxygen atoms in total. The molecule has 0 rings (SSSR count). The minimum atomic E-state index is -0.843. The zero-order valence-corrected chi connectivity index (χ0v) is 61.4. The van der Waals surface area contributed by atoms with E-state index in [1.54, 1.807) is 6.08 Å². The number of ether oxygens (including phenoxy) is 1. The number of carbonyl (C=O) groups is 2. The molecule has 1 amide bonds. The van der Waals surface area contributed by atoms with Gasteiger partial charge in [-0.2, -0.15) is 0 Å². The van der Waals surface area contributed by atoms with Crippen LogP contribution in [0.5, 0.6) is 0 Å². The topological polar surface area (TPSA) is 95.9 Å². The lowest BCUT2D eigenvalue weighted by atomic mass is 10.0. The second-order valence-electron chi connectivity index (χ2n) is 28.8. The molecule has 0 saturated heterocycles. The third-order valence-electron chi connectivity index (χ3n) is 19.7. The second-order valence-corrected chi connectivity index (χ2v) is 28.8. The summed E-state index contributed by atoms with van der Waals surface area (Å²) < 4.78 is 5.48. The van der Waals surface area contributed by atoms with Gasteiger partial charge in [-0.3, -0.25) is 9.59 Å². The molecule has 0 aromatic rings. The van der Waals surface area contributed by atoms with E-state index in [1.165, 1.54) is 411 Å². The number of amides is 1. The molecule has 3 N–H and O–H groups in total. The molecule has 0 aliphatic heterocycles. The monoisotopic (exact) mass is 1270 g/mol. The van der Waals surface area contributed by atoms with Gasteiger partial charge in [0.2, 0.25) is 5.91 Å². The van der Waals surface area contributed by atoms with Gasteiger partial charge in [-0.05, 0) is 57.8 Å². The number of rotatable bonds is 79. The summed E-state index contributed by atoms with van der Waals surface area (Å²) in [7, 11) is 0. The molecule has 6 heteroatoms. The lowest BCUT2D eigenvalue weighted by molar-refractivity contribution is -0.143. The van der Waals surface area contributed by atoms with E-state index < -0.39 is 12.1 Å². The van der Waals surface area contributed by atoms with Crippen LogP contribution in [0.15, 0.2) is 24.3 Å². The summed E-state index contributed by atoms with van der Waals surface area (Å²) >= 11 is 0. The van der Waals surface area contributed by atoms with E-state index in [2.05, 4.69) is 31.3 Å². The molecule has 0 aliphatic carbocycles. The van der Waals surface area contributed by atoms with E-state index in [0.29, 0.717) is 19.4 Å². The van der Waals surface area contributed by atoms with Crippen LogP contribution in [0.3, 0.4) is 0 Å². The Morgan fingerprint density at radius 1 is 0.300 bits per heavy atom. The molecule has 0 aliphatic rings. The zero-order valence-electron chi connectivity index (χ0n) is 61.4. The first-order chi connectivity index (χ1) is 44.5. The molecule has 0 bridgehead atoms. The molecule has 0 aromatic carbocycles. The number of aliphatic hydroxyl groups is 2. The maximum absolute atomic E-state index is 12.6. The summed E-state index contributed by atoms with van der Waals surface area (Å²) in [5, 5.41) is 23.3. The Morgan fingerprint density at radius 3 is 0.789 bits per heavy atom. The smallest absolute Gasteiger partial charge is 0.305 e. The van der Waals surface area contributed by atoms with Crippen LogP contribution in [-0.2, 0) is 14.3 Å². The second kappa shape index (κ2) is 79.8. The van der Waals surface area contributed by atoms with Gasteiger partial charge in [0.05, 0.1) is 25.4 Å². The Morgan fingerprint density at radius 2 is 0.522 bits per heavy atom. The molecular formula is C84H163NO5. The Labute approximate surface area is 564 Å². The molecule has 90 heavy (non-hydrogen) atoms. The molecule has 0 fully saturated rings. The molecule has 0 aromatic heterocycles. The zero-order chi connectivity index (χ0) is 64.9. The normalized spacial score (nSPS) is 12.5. The quantitative estimate of drug-likeness (QED) is 0.0320.